The van der Waals surface area contributed by atoms with Crippen LogP contribution in [0.2, 0.25) is 0 Å². The van der Waals surface area contributed by atoms with Gasteiger partial charge in [-0.2, -0.15) is 0 Å². The average Bonchev–Trinajstić information content (AvgIpc) is 3.18. The van der Waals surface area contributed by atoms with Crippen LogP contribution in [0, 0.1) is 11.8 Å². The highest BCUT2D eigenvalue weighted by Crippen LogP contribution is 2.21. The Morgan fingerprint density at radius 2 is 0.839 bits per heavy atom. The highest BCUT2D eigenvalue weighted by Gasteiger charge is 2.23. The molecule has 56 heavy (non-hydrogen) atoms. The Hall–Kier alpha value is -2.85. The van der Waals surface area contributed by atoms with Gasteiger partial charge in [0.15, 0.2) is 5.96 Å². The maximum absolute atomic E-state index is 13.0. The number of nitrogens with zero attached hydrogens (tertiary/aromatic N) is 1. The Bertz CT molecular complexity index is 1000. The van der Waals surface area contributed by atoms with E-state index in [1.165, 1.54) is 51.4 Å². The van der Waals surface area contributed by atoms with Gasteiger partial charge in [0.25, 0.3) is 0 Å². The van der Waals surface area contributed by atoms with E-state index in [-0.39, 0.29) is 68.2 Å². The van der Waals surface area contributed by atoms with Gasteiger partial charge in [0.05, 0.1) is 31.7 Å². The summed E-state index contributed by atoms with van der Waals surface area (Å²) in [5.74, 6) is -1.15. The summed E-state index contributed by atoms with van der Waals surface area (Å²) in [6.07, 6.45) is 28.2. The van der Waals surface area contributed by atoms with Gasteiger partial charge < -0.3 is 31.0 Å². The number of rotatable bonds is 40. The number of nitrogens with one attached hydrogen (secondary N) is 1. The zero-order chi connectivity index (χ0) is 41.5. The van der Waals surface area contributed by atoms with Crippen LogP contribution in [0.1, 0.15) is 214 Å². The Balaban J connectivity index is 4.53. The molecule has 0 bridgehead atoms. The van der Waals surface area contributed by atoms with Gasteiger partial charge in [0, 0.05) is 13.0 Å². The molecule has 0 fully saturated rings. The van der Waals surface area contributed by atoms with E-state index < -0.39 is 12.0 Å². The first-order valence-electron chi connectivity index (χ1n) is 23.0. The van der Waals surface area contributed by atoms with E-state index in [1.54, 1.807) is 0 Å². The van der Waals surface area contributed by atoms with Gasteiger partial charge in [-0.25, -0.2) is 4.79 Å². The normalized spacial score (nSPS) is 12.7. The third kappa shape index (κ3) is 32.3. The molecule has 0 saturated heterocycles. The highest BCUT2D eigenvalue weighted by molar-refractivity contribution is 5.84. The fraction of sp³-hybridized carbons (Fsp3) is 0.889. The highest BCUT2D eigenvalue weighted by atomic mass is 16.5. The molecule has 0 saturated carbocycles. The molecule has 0 aromatic rings. The van der Waals surface area contributed by atoms with Crippen LogP contribution < -0.4 is 16.8 Å². The lowest BCUT2D eigenvalue weighted by atomic mass is 9.94. The van der Waals surface area contributed by atoms with Gasteiger partial charge in [0.2, 0.25) is 5.91 Å². The molecule has 0 aliphatic heterocycles. The number of ether oxygens (including phenoxy) is 3. The van der Waals surface area contributed by atoms with Gasteiger partial charge in [-0.15, -0.1) is 0 Å². The number of unbranched alkanes of at least 4 members (excludes halogenated alkanes) is 17. The number of hydrogen-bond acceptors (Lipinski definition) is 8. The van der Waals surface area contributed by atoms with Gasteiger partial charge >= 0.3 is 17.9 Å². The maximum atomic E-state index is 13.0. The summed E-state index contributed by atoms with van der Waals surface area (Å²) >= 11 is 0. The van der Waals surface area contributed by atoms with Crippen LogP contribution in [0.4, 0.5) is 0 Å². The zero-order valence-corrected chi connectivity index (χ0v) is 36.5. The van der Waals surface area contributed by atoms with Crippen LogP contribution >= 0.6 is 0 Å². The SMILES string of the molecule is CCCCCCCCC(CCCCCC)C(=O)OCCCC(=O)N[C@@H](CCN=C(N)N)C(=O)OCCCCCCCCOC(=O)C(CCCC)CCCCCC. The van der Waals surface area contributed by atoms with E-state index in [0.29, 0.717) is 13.0 Å². The quantitative estimate of drug-likeness (QED) is 0.0179. The second kappa shape index (κ2) is 39.0. The standard InChI is InChI=1S/C45H86N4O7/c1-5-9-13-16-19-24-31-39(30-23-15-11-7-3)43(52)55-37-27-32-41(50)49-40(33-34-48-45(46)47)44(53)56-36-26-21-18-17-20-25-35-54-42(51)38(28-12-8-4)29-22-14-10-6-2/h38-40H,5-37H2,1-4H3,(H,49,50)(H4,46,47,48)/t38?,39?,40-/m0/s1. The molecule has 0 rings (SSSR count). The van der Waals surface area contributed by atoms with E-state index in [4.69, 9.17) is 25.7 Å². The summed E-state index contributed by atoms with van der Waals surface area (Å²) in [5.41, 5.74) is 10.9. The molecule has 0 radical (unpaired) electrons. The molecule has 11 nitrogen and oxygen atoms in total. The molecule has 328 valence electrons. The molecule has 0 aromatic carbocycles. The first-order valence-corrected chi connectivity index (χ1v) is 23.0. The van der Waals surface area contributed by atoms with Crippen molar-refractivity contribution < 1.29 is 33.4 Å². The minimum Gasteiger partial charge on any atom is -0.465 e. The Morgan fingerprint density at radius 1 is 0.464 bits per heavy atom. The summed E-state index contributed by atoms with van der Waals surface area (Å²) < 4.78 is 16.8. The molecule has 0 aliphatic carbocycles. The number of amides is 1. The van der Waals surface area contributed by atoms with Gasteiger partial charge in [-0.3, -0.25) is 19.4 Å². The first-order chi connectivity index (χ1) is 27.2. The topological polar surface area (TPSA) is 172 Å². The summed E-state index contributed by atoms with van der Waals surface area (Å²) in [4.78, 5) is 55.3. The summed E-state index contributed by atoms with van der Waals surface area (Å²) in [5, 5.41) is 2.77. The molecule has 0 spiro atoms. The van der Waals surface area contributed by atoms with E-state index in [0.717, 1.165) is 116 Å². The molecule has 0 heterocycles. The van der Waals surface area contributed by atoms with Crippen molar-refractivity contribution in [2.24, 2.45) is 28.3 Å². The molecule has 0 aliphatic rings. The Labute approximate surface area is 342 Å². The van der Waals surface area contributed by atoms with E-state index in [9.17, 15) is 19.2 Å². The monoisotopic (exact) mass is 795 g/mol. The maximum Gasteiger partial charge on any atom is 0.328 e. The molecular formula is C45H86N4O7. The minimum atomic E-state index is -0.876. The number of esters is 3. The van der Waals surface area contributed by atoms with Crippen molar-refractivity contribution in [3.05, 3.63) is 0 Å². The molecule has 1 amide bonds. The van der Waals surface area contributed by atoms with E-state index in [2.05, 4.69) is 38.0 Å². The Morgan fingerprint density at radius 3 is 1.30 bits per heavy atom. The van der Waals surface area contributed by atoms with Gasteiger partial charge in [0.1, 0.15) is 6.04 Å². The fourth-order valence-electron chi connectivity index (χ4n) is 6.85. The number of aliphatic imine (C=N–C) groups is 1. The van der Waals surface area contributed by atoms with Gasteiger partial charge in [-0.1, -0.05) is 156 Å². The van der Waals surface area contributed by atoms with E-state index in [1.807, 2.05) is 0 Å². The average molecular weight is 795 g/mol. The predicted octanol–water partition coefficient (Wildman–Crippen LogP) is 10.00. The molecule has 3 atom stereocenters. The van der Waals surface area contributed by atoms with Crippen LogP contribution in [0.5, 0.6) is 0 Å². The summed E-state index contributed by atoms with van der Waals surface area (Å²) in [6.45, 7) is 9.83. The van der Waals surface area contributed by atoms with Gasteiger partial charge in [-0.05, 0) is 51.4 Å². The zero-order valence-electron chi connectivity index (χ0n) is 36.5. The number of nitrogens with two attached hydrogens (primary N) is 2. The van der Waals surface area contributed by atoms with Crippen molar-refractivity contribution in [1.29, 1.82) is 0 Å². The van der Waals surface area contributed by atoms with Crippen molar-refractivity contribution in [2.45, 2.75) is 220 Å². The van der Waals surface area contributed by atoms with Crippen LogP contribution in [-0.2, 0) is 33.4 Å². The number of guanidine groups is 1. The van der Waals surface area contributed by atoms with Crippen LogP contribution in [0.25, 0.3) is 0 Å². The number of carbonyl (C=O) groups excluding carboxylic acids is 4. The first kappa shape index (κ1) is 53.1. The summed E-state index contributed by atoms with van der Waals surface area (Å²) in [6, 6.07) is -0.876. The Kier molecular flexibility index (Phi) is 37.0. The smallest absolute Gasteiger partial charge is 0.328 e. The predicted molar refractivity (Wildman–Crippen MR) is 229 cm³/mol. The number of carbonyl (C=O) groups is 4. The molecule has 11 heteroatoms. The van der Waals surface area contributed by atoms with Crippen molar-refractivity contribution in [1.82, 2.24) is 5.32 Å². The third-order valence-electron chi connectivity index (χ3n) is 10.4. The lowest BCUT2D eigenvalue weighted by molar-refractivity contribution is -0.150. The lowest BCUT2D eigenvalue weighted by Gasteiger charge is -2.18. The van der Waals surface area contributed by atoms with Crippen molar-refractivity contribution >= 4 is 29.8 Å². The van der Waals surface area contributed by atoms with Crippen LogP contribution in [0.3, 0.4) is 0 Å². The fourth-order valence-corrected chi connectivity index (χ4v) is 6.85. The van der Waals surface area contributed by atoms with E-state index >= 15 is 0 Å². The summed E-state index contributed by atoms with van der Waals surface area (Å²) in [7, 11) is 0. The van der Waals surface area contributed by atoms with Crippen LogP contribution in [0.15, 0.2) is 4.99 Å². The van der Waals surface area contributed by atoms with Crippen molar-refractivity contribution in [2.75, 3.05) is 26.4 Å². The second-order valence-corrected chi connectivity index (χ2v) is 15.7. The van der Waals surface area contributed by atoms with Crippen LogP contribution in [-0.4, -0.2) is 62.2 Å². The molecule has 0 aromatic heterocycles. The lowest BCUT2D eigenvalue weighted by Crippen LogP contribution is -2.42. The largest absolute Gasteiger partial charge is 0.465 e. The van der Waals surface area contributed by atoms with Crippen molar-refractivity contribution in [3.8, 4) is 0 Å². The second-order valence-electron chi connectivity index (χ2n) is 15.7. The van der Waals surface area contributed by atoms with Crippen molar-refractivity contribution in [3.63, 3.8) is 0 Å². The molecule has 5 N–H and O–H groups in total. The molecule has 2 unspecified atom stereocenters. The number of hydrogen-bond donors (Lipinski definition) is 3. The minimum absolute atomic E-state index is 0.0269. The molecular weight excluding hydrogens is 709 g/mol. The third-order valence-corrected chi connectivity index (χ3v) is 10.4.